The van der Waals surface area contributed by atoms with Crippen LogP contribution >= 0.6 is 11.3 Å². The van der Waals surface area contributed by atoms with Gasteiger partial charge < -0.3 is 9.84 Å². The maximum atomic E-state index is 9.25. The third-order valence-electron chi connectivity index (χ3n) is 2.66. The van der Waals surface area contributed by atoms with Gasteiger partial charge in [0.15, 0.2) is 0 Å². The van der Waals surface area contributed by atoms with E-state index in [2.05, 4.69) is 18.4 Å². The second-order valence-electron chi connectivity index (χ2n) is 3.85. The molecule has 72 valence electrons. The van der Waals surface area contributed by atoms with Gasteiger partial charge in [-0.05, 0) is 30.4 Å². The van der Waals surface area contributed by atoms with Gasteiger partial charge in [0, 0.05) is 10.3 Å². The first-order valence-electron chi connectivity index (χ1n) is 4.47. The van der Waals surface area contributed by atoms with Gasteiger partial charge >= 0.3 is 0 Å². The SMILES string of the molecule is Cc1ccsc1CC1(CO)COC1. The summed E-state index contributed by atoms with van der Waals surface area (Å²) in [5.41, 5.74) is 1.36. The van der Waals surface area contributed by atoms with E-state index in [1.54, 1.807) is 11.3 Å². The summed E-state index contributed by atoms with van der Waals surface area (Å²) in [6.45, 7) is 3.78. The van der Waals surface area contributed by atoms with Gasteiger partial charge in [0.05, 0.1) is 19.8 Å². The van der Waals surface area contributed by atoms with Crippen LogP contribution in [0.2, 0.25) is 0 Å². The van der Waals surface area contributed by atoms with E-state index in [1.807, 2.05) is 0 Å². The van der Waals surface area contributed by atoms with Crippen molar-refractivity contribution in [3.05, 3.63) is 21.9 Å². The Kier molecular flexibility index (Phi) is 2.41. The predicted octanol–water partition coefficient (Wildman–Crippen LogP) is 1.61. The maximum Gasteiger partial charge on any atom is 0.0570 e. The lowest BCUT2D eigenvalue weighted by molar-refractivity contribution is -0.135. The van der Waals surface area contributed by atoms with Crippen molar-refractivity contribution in [3.8, 4) is 0 Å². The predicted molar refractivity (Wildman–Crippen MR) is 53.1 cm³/mol. The van der Waals surface area contributed by atoms with Crippen molar-refractivity contribution in [1.29, 1.82) is 0 Å². The van der Waals surface area contributed by atoms with E-state index >= 15 is 0 Å². The summed E-state index contributed by atoms with van der Waals surface area (Å²) in [4.78, 5) is 1.39. The largest absolute Gasteiger partial charge is 0.396 e. The molecule has 13 heavy (non-hydrogen) atoms. The summed E-state index contributed by atoms with van der Waals surface area (Å²) >= 11 is 1.77. The van der Waals surface area contributed by atoms with Crippen LogP contribution < -0.4 is 0 Å². The highest BCUT2D eigenvalue weighted by Crippen LogP contribution is 2.33. The molecular weight excluding hydrogens is 184 g/mol. The van der Waals surface area contributed by atoms with Gasteiger partial charge in [-0.1, -0.05) is 0 Å². The highest BCUT2D eigenvalue weighted by atomic mass is 32.1. The minimum Gasteiger partial charge on any atom is -0.396 e. The monoisotopic (exact) mass is 198 g/mol. The fourth-order valence-corrected chi connectivity index (χ4v) is 2.65. The minimum absolute atomic E-state index is 0.0234. The van der Waals surface area contributed by atoms with Gasteiger partial charge in [-0.25, -0.2) is 0 Å². The highest BCUT2D eigenvalue weighted by Gasteiger charge is 2.38. The Balaban J connectivity index is 2.08. The van der Waals surface area contributed by atoms with Crippen LogP contribution in [0.1, 0.15) is 10.4 Å². The molecule has 2 nitrogen and oxygen atoms in total. The molecule has 0 spiro atoms. The molecule has 2 heterocycles. The lowest BCUT2D eigenvalue weighted by Crippen LogP contribution is -2.47. The molecule has 2 rings (SSSR count). The molecular formula is C10H14O2S. The van der Waals surface area contributed by atoms with Gasteiger partial charge in [-0.2, -0.15) is 0 Å². The van der Waals surface area contributed by atoms with E-state index < -0.39 is 0 Å². The summed E-state index contributed by atoms with van der Waals surface area (Å²) in [5.74, 6) is 0. The molecule has 0 unspecified atom stereocenters. The molecule has 1 N–H and O–H groups in total. The number of rotatable bonds is 3. The molecule has 1 aliphatic rings. The second kappa shape index (κ2) is 3.40. The van der Waals surface area contributed by atoms with E-state index in [1.165, 1.54) is 10.4 Å². The van der Waals surface area contributed by atoms with Gasteiger partial charge in [-0.3, -0.25) is 0 Å². The van der Waals surface area contributed by atoms with Crippen molar-refractivity contribution < 1.29 is 9.84 Å². The number of aliphatic hydroxyl groups is 1. The molecule has 0 atom stereocenters. The van der Waals surface area contributed by atoms with Crippen molar-refractivity contribution in [1.82, 2.24) is 0 Å². The Morgan fingerprint density at radius 1 is 1.62 bits per heavy atom. The molecule has 0 aliphatic carbocycles. The average molecular weight is 198 g/mol. The summed E-state index contributed by atoms with van der Waals surface area (Å²) in [6, 6.07) is 2.13. The molecule has 1 fully saturated rings. The van der Waals surface area contributed by atoms with Gasteiger partial charge in [0.2, 0.25) is 0 Å². The quantitative estimate of drug-likeness (QED) is 0.799. The molecule has 1 aromatic heterocycles. The number of ether oxygens (including phenoxy) is 1. The van der Waals surface area contributed by atoms with E-state index in [-0.39, 0.29) is 12.0 Å². The maximum absolute atomic E-state index is 9.25. The topological polar surface area (TPSA) is 29.5 Å². The van der Waals surface area contributed by atoms with E-state index in [0.29, 0.717) is 13.2 Å². The second-order valence-corrected chi connectivity index (χ2v) is 4.86. The zero-order valence-electron chi connectivity index (χ0n) is 7.75. The first-order valence-corrected chi connectivity index (χ1v) is 5.35. The lowest BCUT2D eigenvalue weighted by Gasteiger charge is -2.39. The van der Waals surface area contributed by atoms with Crippen molar-refractivity contribution in [2.75, 3.05) is 19.8 Å². The Hall–Kier alpha value is -0.380. The van der Waals surface area contributed by atoms with E-state index in [0.717, 1.165) is 6.42 Å². The third kappa shape index (κ3) is 1.64. The van der Waals surface area contributed by atoms with Gasteiger partial charge in [-0.15, -0.1) is 11.3 Å². The Morgan fingerprint density at radius 2 is 2.38 bits per heavy atom. The van der Waals surface area contributed by atoms with E-state index in [4.69, 9.17) is 4.74 Å². The number of thiophene rings is 1. The van der Waals surface area contributed by atoms with Crippen molar-refractivity contribution in [2.24, 2.45) is 5.41 Å². The molecule has 1 saturated heterocycles. The van der Waals surface area contributed by atoms with Crippen LogP contribution in [0.3, 0.4) is 0 Å². The molecule has 3 heteroatoms. The summed E-state index contributed by atoms with van der Waals surface area (Å²) in [5, 5.41) is 11.4. The smallest absolute Gasteiger partial charge is 0.0570 e. The summed E-state index contributed by atoms with van der Waals surface area (Å²) in [6.07, 6.45) is 0.965. The normalized spacial score (nSPS) is 19.8. The van der Waals surface area contributed by atoms with Gasteiger partial charge in [0.25, 0.3) is 0 Å². The number of hydrogen-bond donors (Lipinski definition) is 1. The lowest BCUT2D eigenvalue weighted by atomic mass is 9.82. The van der Waals surface area contributed by atoms with Crippen LogP contribution in [-0.2, 0) is 11.2 Å². The third-order valence-corrected chi connectivity index (χ3v) is 3.68. The minimum atomic E-state index is 0.0234. The summed E-state index contributed by atoms with van der Waals surface area (Å²) < 4.78 is 5.16. The fraction of sp³-hybridized carbons (Fsp3) is 0.600. The van der Waals surface area contributed by atoms with Crippen molar-refractivity contribution >= 4 is 11.3 Å². The summed E-state index contributed by atoms with van der Waals surface area (Å²) in [7, 11) is 0. The van der Waals surface area contributed by atoms with Crippen LogP contribution in [0.5, 0.6) is 0 Å². The van der Waals surface area contributed by atoms with Crippen LogP contribution in [0, 0.1) is 12.3 Å². The van der Waals surface area contributed by atoms with Crippen LogP contribution in [0.4, 0.5) is 0 Å². The number of hydrogen-bond acceptors (Lipinski definition) is 3. The van der Waals surface area contributed by atoms with Crippen LogP contribution in [0.15, 0.2) is 11.4 Å². The number of aliphatic hydroxyl groups excluding tert-OH is 1. The van der Waals surface area contributed by atoms with Crippen molar-refractivity contribution in [3.63, 3.8) is 0 Å². The molecule has 0 bridgehead atoms. The zero-order valence-corrected chi connectivity index (χ0v) is 8.56. The molecule has 0 radical (unpaired) electrons. The Morgan fingerprint density at radius 3 is 2.77 bits per heavy atom. The van der Waals surface area contributed by atoms with E-state index in [9.17, 15) is 5.11 Å². The van der Waals surface area contributed by atoms with Gasteiger partial charge in [0.1, 0.15) is 0 Å². The molecule has 0 aromatic carbocycles. The first-order chi connectivity index (χ1) is 6.26. The molecule has 1 aliphatic heterocycles. The molecule has 0 saturated carbocycles. The fourth-order valence-electron chi connectivity index (χ4n) is 1.57. The highest BCUT2D eigenvalue weighted by molar-refractivity contribution is 7.10. The standard InChI is InChI=1S/C10H14O2S/c1-8-2-3-13-9(8)4-10(5-11)6-12-7-10/h2-3,11H,4-7H2,1H3. The van der Waals surface area contributed by atoms with Crippen LogP contribution in [0.25, 0.3) is 0 Å². The molecule has 0 amide bonds. The Labute approximate surface area is 82.2 Å². The first kappa shape index (κ1) is 9.19. The zero-order chi connectivity index (χ0) is 9.31. The Bertz CT molecular complexity index is 283. The van der Waals surface area contributed by atoms with Crippen LogP contribution in [-0.4, -0.2) is 24.9 Å². The molecule has 1 aromatic rings. The average Bonchev–Trinajstić information content (AvgIpc) is 2.44. The number of aryl methyl sites for hydroxylation is 1. The van der Waals surface area contributed by atoms with Crippen molar-refractivity contribution in [2.45, 2.75) is 13.3 Å².